The zero-order chi connectivity index (χ0) is 13.1. The molecule has 1 aliphatic carbocycles. The van der Waals surface area contributed by atoms with E-state index in [1.54, 1.807) is 11.3 Å². The Morgan fingerprint density at radius 2 is 2.11 bits per heavy atom. The van der Waals surface area contributed by atoms with Gasteiger partial charge in [0, 0.05) is 17.0 Å². The molecule has 3 rings (SSSR count). The van der Waals surface area contributed by atoms with Gasteiger partial charge in [-0.2, -0.15) is 0 Å². The number of hydrogen-bond acceptors (Lipinski definition) is 4. The molecule has 0 radical (unpaired) electrons. The molecule has 0 saturated heterocycles. The molecule has 3 nitrogen and oxygen atoms in total. The van der Waals surface area contributed by atoms with E-state index in [0.29, 0.717) is 6.04 Å². The van der Waals surface area contributed by atoms with Crippen LogP contribution in [0.25, 0.3) is 11.3 Å². The van der Waals surface area contributed by atoms with Crippen molar-refractivity contribution in [3.05, 3.63) is 29.6 Å². The summed E-state index contributed by atoms with van der Waals surface area (Å²) >= 11 is 1.68. The number of hydrogen-bond donors (Lipinski definition) is 1. The molecule has 2 aromatic rings. The molecule has 1 N–H and O–H groups in total. The SMILES string of the molecule is CCCOc1ccc(-c2csc(NC3CC3)n2)cc1. The van der Waals surface area contributed by atoms with Crippen molar-refractivity contribution in [2.24, 2.45) is 0 Å². The minimum atomic E-state index is 0.656. The molecule has 0 bridgehead atoms. The molecule has 1 fully saturated rings. The van der Waals surface area contributed by atoms with Crippen LogP contribution in [0.4, 0.5) is 5.13 Å². The lowest BCUT2D eigenvalue weighted by Gasteiger charge is -2.04. The zero-order valence-corrected chi connectivity index (χ0v) is 11.9. The third-order valence-electron chi connectivity index (χ3n) is 3.03. The molecule has 0 aliphatic heterocycles. The maximum absolute atomic E-state index is 5.58. The number of nitrogens with one attached hydrogen (secondary N) is 1. The number of rotatable bonds is 6. The monoisotopic (exact) mass is 274 g/mol. The largest absolute Gasteiger partial charge is 0.494 e. The van der Waals surface area contributed by atoms with E-state index in [2.05, 4.69) is 34.7 Å². The molecule has 0 amide bonds. The Hall–Kier alpha value is -1.55. The number of thiazole rings is 1. The second-order valence-corrected chi connectivity index (χ2v) is 5.69. The Labute approximate surface area is 117 Å². The van der Waals surface area contributed by atoms with Crippen molar-refractivity contribution in [3.8, 4) is 17.0 Å². The van der Waals surface area contributed by atoms with Crippen molar-refractivity contribution in [3.63, 3.8) is 0 Å². The summed E-state index contributed by atoms with van der Waals surface area (Å²) in [6, 6.07) is 8.82. The van der Waals surface area contributed by atoms with Crippen LogP contribution in [-0.4, -0.2) is 17.6 Å². The van der Waals surface area contributed by atoms with E-state index >= 15 is 0 Å². The van der Waals surface area contributed by atoms with Gasteiger partial charge in [-0.3, -0.25) is 0 Å². The standard InChI is InChI=1S/C15H18N2OS/c1-2-9-18-13-7-3-11(4-8-13)14-10-19-15(17-14)16-12-5-6-12/h3-4,7-8,10,12H,2,5-6,9H2,1H3,(H,16,17). The predicted molar refractivity (Wildman–Crippen MR) is 80.0 cm³/mol. The summed E-state index contributed by atoms with van der Waals surface area (Å²) in [6.07, 6.45) is 3.58. The van der Waals surface area contributed by atoms with Crippen LogP contribution in [0.2, 0.25) is 0 Å². The van der Waals surface area contributed by atoms with E-state index in [4.69, 9.17) is 4.74 Å². The smallest absolute Gasteiger partial charge is 0.183 e. The van der Waals surface area contributed by atoms with Crippen molar-refractivity contribution in [1.82, 2.24) is 4.98 Å². The Kier molecular flexibility index (Phi) is 3.69. The van der Waals surface area contributed by atoms with Crippen LogP contribution in [0.1, 0.15) is 26.2 Å². The van der Waals surface area contributed by atoms with Crippen LogP contribution in [0.3, 0.4) is 0 Å². The molecule has 0 spiro atoms. The maximum Gasteiger partial charge on any atom is 0.183 e. The maximum atomic E-state index is 5.58. The first-order valence-electron chi connectivity index (χ1n) is 6.80. The summed E-state index contributed by atoms with van der Waals surface area (Å²) in [5, 5.41) is 6.56. The van der Waals surface area contributed by atoms with E-state index in [1.165, 1.54) is 12.8 Å². The second kappa shape index (κ2) is 5.61. The molecular weight excluding hydrogens is 256 g/mol. The predicted octanol–water partition coefficient (Wildman–Crippen LogP) is 4.17. The Morgan fingerprint density at radius 3 is 2.79 bits per heavy atom. The van der Waals surface area contributed by atoms with Gasteiger partial charge in [0.05, 0.1) is 12.3 Å². The van der Waals surface area contributed by atoms with Crippen LogP contribution in [-0.2, 0) is 0 Å². The van der Waals surface area contributed by atoms with Crippen molar-refractivity contribution >= 4 is 16.5 Å². The number of nitrogens with zero attached hydrogens (tertiary/aromatic N) is 1. The molecule has 1 aromatic carbocycles. The number of ether oxygens (including phenoxy) is 1. The summed E-state index contributed by atoms with van der Waals surface area (Å²) in [6.45, 7) is 2.88. The molecule has 19 heavy (non-hydrogen) atoms. The van der Waals surface area contributed by atoms with Gasteiger partial charge in [-0.05, 0) is 43.5 Å². The summed E-state index contributed by atoms with van der Waals surface area (Å²) < 4.78 is 5.58. The minimum absolute atomic E-state index is 0.656. The molecule has 1 saturated carbocycles. The van der Waals surface area contributed by atoms with Gasteiger partial charge in [0.2, 0.25) is 0 Å². The van der Waals surface area contributed by atoms with E-state index in [0.717, 1.165) is 35.2 Å². The number of benzene rings is 1. The van der Waals surface area contributed by atoms with Crippen molar-refractivity contribution in [2.75, 3.05) is 11.9 Å². The average Bonchev–Trinajstić information content (AvgIpc) is 3.13. The summed E-state index contributed by atoms with van der Waals surface area (Å²) in [5.41, 5.74) is 2.18. The van der Waals surface area contributed by atoms with Crippen LogP contribution in [0, 0.1) is 0 Å². The Morgan fingerprint density at radius 1 is 1.32 bits per heavy atom. The van der Waals surface area contributed by atoms with E-state index in [1.807, 2.05) is 12.1 Å². The van der Waals surface area contributed by atoms with Crippen molar-refractivity contribution < 1.29 is 4.74 Å². The van der Waals surface area contributed by atoms with Crippen LogP contribution < -0.4 is 10.1 Å². The molecule has 1 aromatic heterocycles. The van der Waals surface area contributed by atoms with Gasteiger partial charge in [0.1, 0.15) is 5.75 Å². The number of anilines is 1. The van der Waals surface area contributed by atoms with Crippen LogP contribution in [0.5, 0.6) is 5.75 Å². The van der Waals surface area contributed by atoms with Gasteiger partial charge in [-0.15, -0.1) is 11.3 Å². The van der Waals surface area contributed by atoms with Crippen LogP contribution >= 0.6 is 11.3 Å². The van der Waals surface area contributed by atoms with Crippen LogP contribution in [0.15, 0.2) is 29.6 Å². The van der Waals surface area contributed by atoms with Crippen molar-refractivity contribution in [1.29, 1.82) is 0 Å². The molecule has 1 aliphatic rings. The molecule has 0 atom stereocenters. The molecular formula is C15H18N2OS. The normalized spacial score (nSPS) is 14.4. The molecule has 1 heterocycles. The van der Waals surface area contributed by atoms with Gasteiger partial charge in [-0.25, -0.2) is 4.98 Å². The third-order valence-corrected chi connectivity index (χ3v) is 3.81. The highest BCUT2D eigenvalue weighted by molar-refractivity contribution is 7.14. The fourth-order valence-electron chi connectivity index (χ4n) is 1.82. The van der Waals surface area contributed by atoms with E-state index < -0.39 is 0 Å². The Bertz CT molecular complexity index is 531. The third kappa shape index (κ3) is 3.26. The first kappa shape index (κ1) is 12.5. The molecule has 0 unspecified atom stereocenters. The summed E-state index contributed by atoms with van der Waals surface area (Å²) in [5.74, 6) is 0.928. The Balaban J connectivity index is 1.68. The van der Waals surface area contributed by atoms with E-state index in [-0.39, 0.29) is 0 Å². The topological polar surface area (TPSA) is 34.1 Å². The van der Waals surface area contributed by atoms with Gasteiger partial charge >= 0.3 is 0 Å². The molecule has 4 heteroatoms. The quantitative estimate of drug-likeness (QED) is 0.858. The minimum Gasteiger partial charge on any atom is -0.494 e. The highest BCUT2D eigenvalue weighted by Gasteiger charge is 2.22. The highest BCUT2D eigenvalue weighted by Crippen LogP contribution is 2.30. The van der Waals surface area contributed by atoms with Gasteiger partial charge in [0.15, 0.2) is 5.13 Å². The first-order valence-corrected chi connectivity index (χ1v) is 7.68. The van der Waals surface area contributed by atoms with Crippen molar-refractivity contribution in [2.45, 2.75) is 32.2 Å². The lowest BCUT2D eigenvalue weighted by molar-refractivity contribution is 0.317. The fraction of sp³-hybridized carbons (Fsp3) is 0.400. The lowest BCUT2D eigenvalue weighted by atomic mass is 10.2. The molecule has 100 valence electrons. The van der Waals surface area contributed by atoms with Gasteiger partial charge < -0.3 is 10.1 Å². The first-order chi connectivity index (χ1) is 9.35. The fourth-order valence-corrected chi connectivity index (χ4v) is 2.61. The van der Waals surface area contributed by atoms with Gasteiger partial charge in [0.25, 0.3) is 0 Å². The second-order valence-electron chi connectivity index (χ2n) is 4.83. The summed E-state index contributed by atoms with van der Waals surface area (Å²) in [4.78, 5) is 4.62. The zero-order valence-electron chi connectivity index (χ0n) is 11.1. The van der Waals surface area contributed by atoms with Gasteiger partial charge in [-0.1, -0.05) is 6.92 Å². The summed E-state index contributed by atoms with van der Waals surface area (Å²) in [7, 11) is 0. The van der Waals surface area contributed by atoms with E-state index in [9.17, 15) is 0 Å². The lowest BCUT2D eigenvalue weighted by Crippen LogP contribution is -1.99. The average molecular weight is 274 g/mol. The highest BCUT2D eigenvalue weighted by atomic mass is 32.1. The number of aromatic nitrogens is 1.